The van der Waals surface area contributed by atoms with E-state index in [1.165, 1.54) is 7.11 Å². The first kappa shape index (κ1) is 15.0. The second-order valence-electron chi connectivity index (χ2n) is 4.93. The van der Waals surface area contributed by atoms with Crippen molar-refractivity contribution in [2.24, 2.45) is 5.92 Å². The molecule has 0 aromatic rings. The molecule has 18 heavy (non-hydrogen) atoms. The van der Waals surface area contributed by atoms with Crippen LogP contribution in [0.3, 0.4) is 0 Å². The van der Waals surface area contributed by atoms with Crippen LogP contribution in [0.25, 0.3) is 0 Å². The molecule has 1 atom stereocenters. The van der Waals surface area contributed by atoms with Crippen LogP contribution in [0.15, 0.2) is 0 Å². The molecular weight excluding hydrogens is 232 g/mol. The van der Waals surface area contributed by atoms with Gasteiger partial charge in [0.05, 0.1) is 13.0 Å². The number of hydrogen-bond acceptors (Lipinski definition) is 4. The maximum Gasteiger partial charge on any atom is 0.305 e. The average Bonchev–Trinajstić information content (AvgIpc) is 2.79. The summed E-state index contributed by atoms with van der Waals surface area (Å²) in [5.74, 6) is 0.172. The summed E-state index contributed by atoms with van der Waals surface area (Å²) >= 11 is 0. The molecule has 5 heteroatoms. The third-order valence-corrected chi connectivity index (χ3v) is 3.35. The van der Waals surface area contributed by atoms with Crippen LogP contribution in [0.4, 0.5) is 0 Å². The molecule has 1 unspecified atom stereocenters. The van der Waals surface area contributed by atoms with Gasteiger partial charge in [0.2, 0.25) is 5.91 Å². The Hall–Kier alpha value is -1.10. The highest BCUT2D eigenvalue weighted by atomic mass is 16.5. The van der Waals surface area contributed by atoms with Crippen molar-refractivity contribution in [1.29, 1.82) is 0 Å². The molecule has 0 bridgehead atoms. The molecule has 0 spiro atoms. The number of rotatable bonds is 7. The van der Waals surface area contributed by atoms with Gasteiger partial charge in [-0.2, -0.15) is 0 Å². The number of nitrogens with one attached hydrogen (secondary N) is 1. The van der Waals surface area contributed by atoms with E-state index in [1.54, 1.807) is 0 Å². The summed E-state index contributed by atoms with van der Waals surface area (Å²) in [5, 5.41) is 2.97. The maximum absolute atomic E-state index is 11.8. The molecule has 104 valence electrons. The molecular formula is C13H24N2O3. The standard InChI is InChI=1S/C13H24N2O3/c1-15-9-7-11(10-15)13(17)14-8-5-3-4-6-12(16)18-2/h11H,3-10H2,1-2H3,(H,14,17). The summed E-state index contributed by atoms with van der Waals surface area (Å²) < 4.78 is 4.56. The monoisotopic (exact) mass is 256 g/mol. The summed E-state index contributed by atoms with van der Waals surface area (Å²) in [4.78, 5) is 24.8. The van der Waals surface area contributed by atoms with Crippen LogP contribution in [-0.4, -0.2) is 50.6 Å². The number of unbranched alkanes of at least 4 members (excludes halogenated alkanes) is 2. The van der Waals surface area contributed by atoms with E-state index in [2.05, 4.69) is 15.0 Å². The van der Waals surface area contributed by atoms with Gasteiger partial charge >= 0.3 is 5.97 Å². The number of ether oxygens (including phenoxy) is 1. The number of likely N-dealkylation sites (tertiary alicyclic amines) is 1. The Balaban J connectivity index is 1.97. The lowest BCUT2D eigenvalue weighted by Gasteiger charge is -2.11. The fraction of sp³-hybridized carbons (Fsp3) is 0.846. The van der Waals surface area contributed by atoms with Gasteiger partial charge in [-0.1, -0.05) is 6.42 Å². The summed E-state index contributed by atoms with van der Waals surface area (Å²) in [5.41, 5.74) is 0. The van der Waals surface area contributed by atoms with Gasteiger partial charge in [0, 0.05) is 19.5 Å². The highest BCUT2D eigenvalue weighted by Crippen LogP contribution is 2.14. The minimum absolute atomic E-state index is 0.157. The molecule has 0 aromatic carbocycles. The van der Waals surface area contributed by atoms with Gasteiger partial charge in [-0.15, -0.1) is 0 Å². The first-order valence-corrected chi connectivity index (χ1v) is 6.66. The number of amides is 1. The van der Waals surface area contributed by atoms with E-state index < -0.39 is 0 Å². The van der Waals surface area contributed by atoms with Crippen molar-refractivity contribution in [3.05, 3.63) is 0 Å². The predicted octanol–water partition coefficient (Wildman–Crippen LogP) is 0.788. The van der Waals surface area contributed by atoms with Gasteiger partial charge in [-0.05, 0) is 32.9 Å². The molecule has 0 aliphatic carbocycles. The molecule has 5 nitrogen and oxygen atoms in total. The lowest BCUT2D eigenvalue weighted by molar-refractivity contribution is -0.140. The molecule has 0 radical (unpaired) electrons. The smallest absolute Gasteiger partial charge is 0.305 e. The van der Waals surface area contributed by atoms with Crippen LogP contribution in [0.2, 0.25) is 0 Å². The van der Waals surface area contributed by atoms with Crippen molar-refractivity contribution in [3.63, 3.8) is 0 Å². The lowest BCUT2D eigenvalue weighted by atomic mass is 10.1. The van der Waals surface area contributed by atoms with Gasteiger partial charge in [0.1, 0.15) is 0 Å². The van der Waals surface area contributed by atoms with E-state index in [-0.39, 0.29) is 17.8 Å². The van der Waals surface area contributed by atoms with Gasteiger partial charge in [-0.3, -0.25) is 9.59 Å². The average molecular weight is 256 g/mol. The fourth-order valence-electron chi connectivity index (χ4n) is 2.18. The minimum atomic E-state index is -0.159. The number of methoxy groups -OCH3 is 1. The molecule has 1 rings (SSSR count). The van der Waals surface area contributed by atoms with Crippen LogP contribution < -0.4 is 5.32 Å². The van der Waals surface area contributed by atoms with Crippen molar-refractivity contribution in [2.45, 2.75) is 32.1 Å². The molecule has 1 aliphatic rings. The van der Waals surface area contributed by atoms with Crippen LogP contribution in [0.5, 0.6) is 0 Å². The zero-order chi connectivity index (χ0) is 13.4. The quantitative estimate of drug-likeness (QED) is 0.540. The number of esters is 1. The third kappa shape index (κ3) is 5.49. The van der Waals surface area contributed by atoms with Crippen molar-refractivity contribution in [3.8, 4) is 0 Å². The summed E-state index contributed by atoms with van der Waals surface area (Å²) in [6, 6.07) is 0. The zero-order valence-corrected chi connectivity index (χ0v) is 11.4. The normalized spacial score (nSPS) is 19.8. The van der Waals surface area contributed by atoms with E-state index in [1.807, 2.05) is 7.05 Å². The molecule has 1 amide bonds. The van der Waals surface area contributed by atoms with Crippen LogP contribution >= 0.6 is 0 Å². The van der Waals surface area contributed by atoms with Crippen LogP contribution in [0.1, 0.15) is 32.1 Å². The topological polar surface area (TPSA) is 58.6 Å². The third-order valence-electron chi connectivity index (χ3n) is 3.35. The van der Waals surface area contributed by atoms with Crippen LogP contribution in [-0.2, 0) is 14.3 Å². The van der Waals surface area contributed by atoms with E-state index in [4.69, 9.17) is 0 Å². The molecule has 1 N–H and O–H groups in total. The molecule has 1 fully saturated rings. The molecule has 0 saturated carbocycles. The first-order chi connectivity index (χ1) is 8.63. The molecule has 1 saturated heterocycles. The van der Waals surface area contributed by atoms with Crippen molar-refractivity contribution < 1.29 is 14.3 Å². The number of carbonyl (C=O) groups is 2. The van der Waals surface area contributed by atoms with Gasteiger partial charge in [0.25, 0.3) is 0 Å². The molecule has 1 aliphatic heterocycles. The van der Waals surface area contributed by atoms with Gasteiger partial charge in [-0.25, -0.2) is 0 Å². The van der Waals surface area contributed by atoms with E-state index in [0.29, 0.717) is 13.0 Å². The second-order valence-corrected chi connectivity index (χ2v) is 4.93. The number of hydrogen-bond donors (Lipinski definition) is 1. The Morgan fingerprint density at radius 2 is 2.11 bits per heavy atom. The van der Waals surface area contributed by atoms with E-state index in [9.17, 15) is 9.59 Å². The van der Waals surface area contributed by atoms with Gasteiger partial charge in [0.15, 0.2) is 0 Å². The molecule has 1 heterocycles. The second kappa shape index (κ2) is 8.08. The van der Waals surface area contributed by atoms with Crippen molar-refractivity contribution in [2.75, 3.05) is 33.8 Å². The van der Waals surface area contributed by atoms with E-state index in [0.717, 1.165) is 38.8 Å². The highest BCUT2D eigenvalue weighted by Gasteiger charge is 2.25. The molecule has 0 aromatic heterocycles. The largest absolute Gasteiger partial charge is 0.469 e. The summed E-state index contributed by atoms with van der Waals surface area (Å²) in [6.07, 6.45) is 4.13. The van der Waals surface area contributed by atoms with E-state index >= 15 is 0 Å². The van der Waals surface area contributed by atoms with Crippen molar-refractivity contribution in [1.82, 2.24) is 10.2 Å². The maximum atomic E-state index is 11.8. The Kier molecular flexibility index (Phi) is 6.72. The highest BCUT2D eigenvalue weighted by molar-refractivity contribution is 5.79. The zero-order valence-electron chi connectivity index (χ0n) is 11.4. The van der Waals surface area contributed by atoms with Crippen LogP contribution in [0, 0.1) is 5.92 Å². The lowest BCUT2D eigenvalue weighted by Crippen LogP contribution is -2.32. The van der Waals surface area contributed by atoms with Gasteiger partial charge < -0.3 is 15.0 Å². The first-order valence-electron chi connectivity index (χ1n) is 6.66. The Labute approximate surface area is 109 Å². The Morgan fingerprint density at radius 3 is 2.72 bits per heavy atom. The SMILES string of the molecule is COC(=O)CCCCCNC(=O)C1CCN(C)C1. The minimum Gasteiger partial charge on any atom is -0.469 e. The van der Waals surface area contributed by atoms with Crippen molar-refractivity contribution >= 4 is 11.9 Å². The summed E-state index contributed by atoms with van der Waals surface area (Å²) in [7, 11) is 3.45. The Bertz CT molecular complexity index is 281. The Morgan fingerprint density at radius 1 is 1.33 bits per heavy atom. The number of carbonyl (C=O) groups excluding carboxylic acids is 2. The fourth-order valence-corrected chi connectivity index (χ4v) is 2.18. The summed E-state index contributed by atoms with van der Waals surface area (Å²) in [6.45, 7) is 2.59. The predicted molar refractivity (Wildman–Crippen MR) is 69.1 cm³/mol. The number of nitrogens with zero attached hydrogens (tertiary/aromatic N) is 1.